The van der Waals surface area contributed by atoms with Crippen molar-refractivity contribution < 1.29 is 13.5 Å². The van der Waals surface area contributed by atoms with Crippen molar-refractivity contribution in [3.63, 3.8) is 0 Å². The quantitative estimate of drug-likeness (QED) is 0.672. The molecular formula is C10H17N3O3S. The Morgan fingerprint density at radius 3 is 2.76 bits per heavy atom. The van der Waals surface area contributed by atoms with Gasteiger partial charge in [-0.1, -0.05) is 0 Å². The van der Waals surface area contributed by atoms with Gasteiger partial charge >= 0.3 is 0 Å². The molecule has 0 aromatic carbocycles. The van der Waals surface area contributed by atoms with Gasteiger partial charge in [-0.2, -0.15) is 0 Å². The summed E-state index contributed by atoms with van der Waals surface area (Å²) in [4.78, 5) is 3.82. The Balaban J connectivity index is 2.71. The fourth-order valence-corrected chi connectivity index (χ4v) is 2.56. The van der Waals surface area contributed by atoms with Gasteiger partial charge < -0.3 is 10.8 Å². The van der Waals surface area contributed by atoms with Gasteiger partial charge in [-0.15, -0.1) is 0 Å². The van der Waals surface area contributed by atoms with Crippen molar-refractivity contribution in [3.05, 3.63) is 18.3 Å². The van der Waals surface area contributed by atoms with Crippen molar-refractivity contribution in [2.24, 2.45) is 0 Å². The zero-order valence-electron chi connectivity index (χ0n) is 9.63. The number of aliphatic hydroxyl groups excluding tert-OH is 1. The molecular weight excluding hydrogens is 242 g/mol. The number of nitrogens with two attached hydrogens (primary N) is 1. The Morgan fingerprint density at radius 1 is 1.53 bits per heavy atom. The number of pyridine rings is 1. The predicted octanol–water partition coefficient (Wildman–Crippen LogP) is 0.103. The maximum atomic E-state index is 11.9. The van der Waals surface area contributed by atoms with Crippen molar-refractivity contribution in [2.75, 3.05) is 12.3 Å². The van der Waals surface area contributed by atoms with E-state index in [1.54, 1.807) is 6.92 Å². The van der Waals surface area contributed by atoms with E-state index in [0.29, 0.717) is 12.8 Å². The summed E-state index contributed by atoms with van der Waals surface area (Å²) in [5.41, 5.74) is 5.38. The lowest BCUT2D eigenvalue weighted by Gasteiger charge is -2.13. The second-order valence-electron chi connectivity index (χ2n) is 3.81. The highest BCUT2D eigenvalue weighted by atomic mass is 32.2. The van der Waals surface area contributed by atoms with Crippen LogP contribution in [0, 0.1) is 0 Å². The van der Waals surface area contributed by atoms with E-state index in [1.807, 2.05) is 0 Å². The zero-order valence-corrected chi connectivity index (χ0v) is 10.4. The second-order valence-corrected chi connectivity index (χ2v) is 5.52. The van der Waals surface area contributed by atoms with Gasteiger partial charge in [0.25, 0.3) is 0 Å². The van der Waals surface area contributed by atoms with Gasteiger partial charge in [0, 0.05) is 18.8 Å². The molecule has 6 nitrogen and oxygen atoms in total. The molecule has 1 heterocycles. The molecule has 0 radical (unpaired) electrons. The van der Waals surface area contributed by atoms with Crippen LogP contribution in [0.1, 0.15) is 19.8 Å². The number of nitrogen functional groups attached to an aromatic ring is 1. The van der Waals surface area contributed by atoms with Crippen molar-refractivity contribution in [3.8, 4) is 0 Å². The van der Waals surface area contributed by atoms with Crippen LogP contribution in [0.2, 0.25) is 0 Å². The van der Waals surface area contributed by atoms with Gasteiger partial charge in [0.2, 0.25) is 10.0 Å². The number of hydrogen-bond acceptors (Lipinski definition) is 5. The Bertz CT molecular complexity index is 444. The Morgan fingerprint density at radius 2 is 2.24 bits per heavy atom. The van der Waals surface area contributed by atoms with Gasteiger partial charge in [0.1, 0.15) is 10.7 Å². The molecule has 0 aliphatic rings. The van der Waals surface area contributed by atoms with Crippen LogP contribution in [-0.2, 0) is 10.0 Å². The Labute approximate surface area is 101 Å². The summed E-state index contributed by atoms with van der Waals surface area (Å²) >= 11 is 0. The molecule has 0 spiro atoms. The number of nitrogens with one attached hydrogen (secondary N) is 1. The summed E-state index contributed by atoms with van der Waals surface area (Å²) in [5, 5.41) is 8.66. The van der Waals surface area contributed by atoms with Crippen LogP contribution in [0.15, 0.2) is 23.2 Å². The standard InChI is InChI=1S/C10H17N3O3S/c1-8(3-2-6-14)13-17(15,16)9-4-5-10(11)12-7-9/h4-5,7-8,13-14H,2-3,6H2,1H3,(H2,11,12). The molecule has 1 unspecified atom stereocenters. The third kappa shape index (κ3) is 4.29. The summed E-state index contributed by atoms with van der Waals surface area (Å²) in [6, 6.07) is 2.61. The predicted molar refractivity (Wildman–Crippen MR) is 64.8 cm³/mol. The smallest absolute Gasteiger partial charge is 0.242 e. The third-order valence-electron chi connectivity index (χ3n) is 2.22. The van der Waals surface area contributed by atoms with E-state index in [1.165, 1.54) is 18.3 Å². The molecule has 0 amide bonds. The van der Waals surface area contributed by atoms with Crippen LogP contribution < -0.4 is 10.5 Å². The lowest BCUT2D eigenvalue weighted by molar-refractivity contribution is 0.279. The van der Waals surface area contributed by atoms with Gasteiger partial charge in [-0.25, -0.2) is 18.1 Å². The van der Waals surface area contributed by atoms with Gasteiger partial charge in [-0.3, -0.25) is 0 Å². The SMILES string of the molecule is CC(CCCO)NS(=O)(=O)c1ccc(N)nc1. The zero-order chi connectivity index (χ0) is 12.9. The highest BCUT2D eigenvalue weighted by Crippen LogP contribution is 2.10. The number of sulfonamides is 1. The highest BCUT2D eigenvalue weighted by molar-refractivity contribution is 7.89. The molecule has 1 rings (SSSR count). The van der Waals surface area contributed by atoms with Crippen LogP contribution in [0.5, 0.6) is 0 Å². The topological polar surface area (TPSA) is 105 Å². The van der Waals surface area contributed by atoms with E-state index < -0.39 is 10.0 Å². The van der Waals surface area contributed by atoms with Crippen LogP contribution >= 0.6 is 0 Å². The lowest BCUT2D eigenvalue weighted by Crippen LogP contribution is -2.32. The van der Waals surface area contributed by atoms with E-state index in [4.69, 9.17) is 10.8 Å². The number of aromatic nitrogens is 1. The molecule has 1 atom stereocenters. The summed E-state index contributed by atoms with van der Waals surface area (Å²) < 4.78 is 26.2. The van der Waals surface area contributed by atoms with E-state index >= 15 is 0 Å². The summed E-state index contributed by atoms with van der Waals surface area (Å²) in [6.07, 6.45) is 2.36. The van der Waals surface area contributed by atoms with Crippen LogP contribution in [0.3, 0.4) is 0 Å². The van der Waals surface area contributed by atoms with E-state index in [0.717, 1.165) is 0 Å². The average Bonchev–Trinajstić information content (AvgIpc) is 2.26. The van der Waals surface area contributed by atoms with Gasteiger partial charge in [0.05, 0.1) is 0 Å². The third-order valence-corrected chi connectivity index (χ3v) is 3.80. The number of nitrogens with zero attached hydrogens (tertiary/aromatic N) is 1. The van der Waals surface area contributed by atoms with Crippen LogP contribution in [0.25, 0.3) is 0 Å². The Kier molecular flexibility index (Phi) is 4.86. The largest absolute Gasteiger partial charge is 0.396 e. The fourth-order valence-electron chi connectivity index (χ4n) is 1.34. The summed E-state index contributed by atoms with van der Waals surface area (Å²) in [6.45, 7) is 1.80. The first-order chi connectivity index (χ1) is 7.95. The van der Waals surface area contributed by atoms with Gasteiger partial charge in [0.15, 0.2) is 0 Å². The maximum absolute atomic E-state index is 11.9. The molecule has 0 saturated heterocycles. The number of anilines is 1. The van der Waals surface area contributed by atoms with E-state index in [9.17, 15) is 8.42 Å². The maximum Gasteiger partial charge on any atom is 0.242 e. The summed E-state index contributed by atoms with van der Waals surface area (Å²) in [7, 11) is -3.56. The van der Waals surface area contributed by atoms with E-state index in [2.05, 4.69) is 9.71 Å². The minimum Gasteiger partial charge on any atom is -0.396 e. The number of hydrogen-bond donors (Lipinski definition) is 3. The molecule has 1 aromatic rings. The molecule has 1 aromatic heterocycles. The molecule has 0 fully saturated rings. The Hall–Kier alpha value is -1.18. The minimum absolute atomic E-state index is 0.0511. The highest BCUT2D eigenvalue weighted by Gasteiger charge is 2.17. The van der Waals surface area contributed by atoms with Crippen molar-refractivity contribution >= 4 is 15.8 Å². The van der Waals surface area contributed by atoms with E-state index in [-0.39, 0.29) is 23.4 Å². The molecule has 7 heteroatoms. The summed E-state index contributed by atoms with van der Waals surface area (Å²) in [5.74, 6) is 0.275. The molecule has 96 valence electrons. The molecule has 0 aliphatic carbocycles. The van der Waals surface area contributed by atoms with Crippen LogP contribution in [-0.4, -0.2) is 31.2 Å². The van der Waals surface area contributed by atoms with Crippen molar-refractivity contribution in [1.29, 1.82) is 0 Å². The first-order valence-electron chi connectivity index (χ1n) is 5.30. The molecule has 17 heavy (non-hydrogen) atoms. The first-order valence-corrected chi connectivity index (χ1v) is 6.79. The van der Waals surface area contributed by atoms with Crippen molar-refractivity contribution in [2.45, 2.75) is 30.7 Å². The monoisotopic (exact) mass is 259 g/mol. The minimum atomic E-state index is -3.56. The number of aliphatic hydroxyl groups is 1. The molecule has 4 N–H and O–H groups in total. The molecule has 0 saturated carbocycles. The lowest BCUT2D eigenvalue weighted by atomic mass is 10.2. The second kappa shape index (κ2) is 5.95. The van der Waals surface area contributed by atoms with Gasteiger partial charge in [-0.05, 0) is 31.9 Å². The van der Waals surface area contributed by atoms with Crippen LogP contribution in [0.4, 0.5) is 5.82 Å². The fraction of sp³-hybridized carbons (Fsp3) is 0.500. The first kappa shape index (κ1) is 13.9. The molecule has 0 aliphatic heterocycles. The van der Waals surface area contributed by atoms with Crippen molar-refractivity contribution in [1.82, 2.24) is 9.71 Å². The normalized spacial score (nSPS) is 13.5. The molecule has 0 bridgehead atoms. The number of rotatable bonds is 6. The average molecular weight is 259 g/mol.